The van der Waals surface area contributed by atoms with E-state index in [1.807, 2.05) is 26.8 Å². The number of aryl methyl sites for hydroxylation is 1. The highest BCUT2D eigenvalue weighted by Gasteiger charge is 2.47. The number of aliphatic hydroxyl groups excluding tert-OH is 1. The number of ketones is 1. The Morgan fingerprint density at radius 3 is 2.35 bits per heavy atom. The SMILES string of the molecule is Cc1cccc(C2/C(=C(\O)c3ccc(OC(C)C)cc3)C(=O)C(=O)N2c2cc(F)ccc2F)c1. The Bertz CT molecular complexity index is 1300. The van der Waals surface area contributed by atoms with Gasteiger partial charge in [0.05, 0.1) is 23.4 Å². The Labute approximate surface area is 195 Å². The zero-order valence-corrected chi connectivity index (χ0v) is 18.9. The number of hydrogen-bond acceptors (Lipinski definition) is 4. The number of amides is 1. The summed E-state index contributed by atoms with van der Waals surface area (Å²) in [4.78, 5) is 27.1. The van der Waals surface area contributed by atoms with Gasteiger partial charge >= 0.3 is 0 Å². The van der Waals surface area contributed by atoms with Gasteiger partial charge in [-0.1, -0.05) is 29.8 Å². The molecule has 1 heterocycles. The summed E-state index contributed by atoms with van der Waals surface area (Å²) in [6, 6.07) is 14.9. The summed E-state index contributed by atoms with van der Waals surface area (Å²) in [7, 11) is 0. The van der Waals surface area contributed by atoms with Crippen LogP contribution in [-0.2, 0) is 9.59 Å². The number of aliphatic hydroxyl groups is 1. The molecule has 0 aliphatic carbocycles. The van der Waals surface area contributed by atoms with E-state index in [1.165, 1.54) is 0 Å². The number of halogens is 2. The number of Topliss-reactive ketones (excluding diaryl/α,β-unsaturated/α-hetero) is 1. The maximum absolute atomic E-state index is 14.7. The molecule has 1 N–H and O–H groups in total. The summed E-state index contributed by atoms with van der Waals surface area (Å²) in [6.07, 6.45) is -0.0488. The van der Waals surface area contributed by atoms with Gasteiger partial charge in [-0.2, -0.15) is 0 Å². The average Bonchev–Trinajstić information content (AvgIpc) is 3.05. The predicted molar refractivity (Wildman–Crippen MR) is 125 cm³/mol. The number of carbonyl (C=O) groups excluding carboxylic acids is 2. The number of anilines is 1. The lowest BCUT2D eigenvalue weighted by Crippen LogP contribution is -2.30. The fraction of sp³-hybridized carbons (Fsp3) is 0.185. The normalized spacial score (nSPS) is 17.5. The minimum absolute atomic E-state index is 0.0488. The number of ether oxygens (including phenoxy) is 1. The van der Waals surface area contributed by atoms with Crippen molar-refractivity contribution in [2.45, 2.75) is 32.9 Å². The van der Waals surface area contributed by atoms with Crippen LogP contribution in [0.25, 0.3) is 5.76 Å². The summed E-state index contributed by atoms with van der Waals surface area (Å²) >= 11 is 0. The third kappa shape index (κ3) is 4.29. The van der Waals surface area contributed by atoms with Crippen LogP contribution >= 0.6 is 0 Å². The molecule has 3 aromatic rings. The van der Waals surface area contributed by atoms with Gasteiger partial charge in [0, 0.05) is 11.6 Å². The van der Waals surface area contributed by atoms with Crippen LogP contribution in [0.3, 0.4) is 0 Å². The van der Waals surface area contributed by atoms with Crippen LogP contribution in [0, 0.1) is 18.6 Å². The van der Waals surface area contributed by atoms with Gasteiger partial charge in [0.2, 0.25) is 0 Å². The van der Waals surface area contributed by atoms with E-state index in [9.17, 15) is 23.5 Å². The third-order valence-electron chi connectivity index (χ3n) is 5.47. The summed E-state index contributed by atoms with van der Waals surface area (Å²) in [6.45, 7) is 5.58. The smallest absolute Gasteiger partial charge is 0.300 e. The molecule has 3 aromatic carbocycles. The minimum Gasteiger partial charge on any atom is -0.507 e. The molecular weight excluding hydrogens is 440 g/mol. The Morgan fingerprint density at radius 2 is 1.71 bits per heavy atom. The first-order valence-electron chi connectivity index (χ1n) is 10.8. The van der Waals surface area contributed by atoms with Crippen molar-refractivity contribution in [2.75, 3.05) is 4.90 Å². The summed E-state index contributed by atoms with van der Waals surface area (Å²) in [5, 5.41) is 11.1. The lowest BCUT2D eigenvalue weighted by Gasteiger charge is -2.26. The van der Waals surface area contributed by atoms with E-state index in [-0.39, 0.29) is 22.9 Å². The van der Waals surface area contributed by atoms with Crippen molar-refractivity contribution < 1.29 is 28.2 Å². The molecule has 0 saturated carbocycles. The number of hydrogen-bond donors (Lipinski definition) is 1. The molecule has 1 fully saturated rings. The zero-order chi connectivity index (χ0) is 24.6. The van der Waals surface area contributed by atoms with Gasteiger partial charge in [0.15, 0.2) is 0 Å². The molecule has 34 heavy (non-hydrogen) atoms. The highest BCUT2D eigenvalue weighted by Crippen LogP contribution is 2.43. The van der Waals surface area contributed by atoms with Crippen molar-refractivity contribution in [3.05, 3.63) is 101 Å². The maximum atomic E-state index is 14.7. The lowest BCUT2D eigenvalue weighted by atomic mass is 9.94. The van der Waals surface area contributed by atoms with Crippen LogP contribution < -0.4 is 9.64 Å². The van der Waals surface area contributed by atoms with Crippen LogP contribution in [0.4, 0.5) is 14.5 Å². The predicted octanol–water partition coefficient (Wildman–Crippen LogP) is 5.69. The molecule has 1 amide bonds. The van der Waals surface area contributed by atoms with E-state index in [1.54, 1.807) is 42.5 Å². The van der Waals surface area contributed by atoms with Crippen molar-refractivity contribution in [3.8, 4) is 5.75 Å². The van der Waals surface area contributed by atoms with E-state index >= 15 is 0 Å². The van der Waals surface area contributed by atoms with Crippen molar-refractivity contribution in [1.82, 2.24) is 0 Å². The number of rotatable bonds is 5. The van der Waals surface area contributed by atoms with E-state index in [0.29, 0.717) is 11.3 Å². The Morgan fingerprint density at radius 1 is 1.00 bits per heavy atom. The zero-order valence-electron chi connectivity index (χ0n) is 18.9. The van der Waals surface area contributed by atoms with Gasteiger partial charge in [-0.3, -0.25) is 14.5 Å². The molecule has 7 heteroatoms. The van der Waals surface area contributed by atoms with Crippen LogP contribution in [0.5, 0.6) is 5.75 Å². The molecule has 0 bridgehead atoms. The molecular formula is C27H23F2NO4. The van der Waals surface area contributed by atoms with E-state index in [0.717, 1.165) is 28.7 Å². The number of carbonyl (C=O) groups is 2. The molecule has 1 saturated heterocycles. The first-order valence-corrected chi connectivity index (χ1v) is 10.8. The van der Waals surface area contributed by atoms with Gasteiger partial charge < -0.3 is 9.84 Å². The fourth-order valence-electron chi connectivity index (χ4n) is 4.03. The molecule has 0 spiro atoms. The molecule has 0 aromatic heterocycles. The fourth-order valence-corrected chi connectivity index (χ4v) is 4.03. The maximum Gasteiger partial charge on any atom is 0.300 e. The summed E-state index contributed by atoms with van der Waals surface area (Å²) in [5.41, 5.74) is 0.999. The van der Waals surface area contributed by atoms with Gasteiger partial charge in [0.1, 0.15) is 23.1 Å². The van der Waals surface area contributed by atoms with Gasteiger partial charge in [-0.15, -0.1) is 0 Å². The highest BCUT2D eigenvalue weighted by molar-refractivity contribution is 6.51. The van der Waals surface area contributed by atoms with Crippen LogP contribution in [0.1, 0.15) is 36.6 Å². The second kappa shape index (κ2) is 9.09. The number of nitrogens with zero attached hydrogens (tertiary/aromatic N) is 1. The first-order chi connectivity index (χ1) is 16.2. The molecule has 1 aliphatic rings. The third-order valence-corrected chi connectivity index (χ3v) is 5.47. The van der Waals surface area contributed by atoms with Crippen LogP contribution in [0.2, 0.25) is 0 Å². The van der Waals surface area contributed by atoms with Crippen LogP contribution in [0.15, 0.2) is 72.3 Å². The highest BCUT2D eigenvalue weighted by atomic mass is 19.1. The Balaban J connectivity index is 1.91. The molecule has 174 valence electrons. The first kappa shape index (κ1) is 23.2. The molecule has 1 aliphatic heterocycles. The summed E-state index contributed by atoms with van der Waals surface area (Å²) in [5.74, 6) is -3.52. The van der Waals surface area contributed by atoms with Crippen molar-refractivity contribution in [1.29, 1.82) is 0 Å². The van der Waals surface area contributed by atoms with E-state index < -0.39 is 35.1 Å². The molecule has 1 unspecified atom stereocenters. The molecule has 4 rings (SSSR count). The average molecular weight is 463 g/mol. The van der Waals surface area contributed by atoms with E-state index in [4.69, 9.17) is 4.74 Å². The van der Waals surface area contributed by atoms with Gasteiger partial charge in [-0.05, 0) is 62.7 Å². The molecule has 5 nitrogen and oxygen atoms in total. The monoisotopic (exact) mass is 463 g/mol. The minimum atomic E-state index is -1.15. The van der Waals surface area contributed by atoms with Crippen molar-refractivity contribution in [2.24, 2.45) is 0 Å². The topological polar surface area (TPSA) is 66.8 Å². The Hall–Kier alpha value is -4.00. The number of benzene rings is 3. The Kier molecular flexibility index (Phi) is 6.20. The molecule has 0 radical (unpaired) electrons. The summed E-state index contributed by atoms with van der Waals surface area (Å²) < 4.78 is 34.3. The lowest BCUT2D eigenvalue weighted by molar-refractivity contribution is -0.132. The van der Waals surface area contributed by atoms with Crippen molar-refractivity contribution in [3.63, 3.8) is 0 Å². The molecule has 1 atom stereocenters. The van der Waals surface area contributed by atoms with Gasteiger partial charge in [0.25, 0.3) is 11.7 Å². The van der Waals surface area contributed by atoms with E-state index in [2.05, 4.69) is 0 Å². The second-order valence-corrected chi connectivity index (χ2v) is 8.37. The van der Waals surface area contributed by atoms with Crippen LogP contribution in [-0.4, -0.2) is 22.9 Å². The van der Waals surface area contributed by atoms with Gasteiger partial charge in [-0.25, -0.2) is 8.78 Å². The largest absolute Gasteiger partial charge is 0.507 e. The standard InChI is InChI=1S/C27H23F2NO4/c1-15(2)34-20-10-7-17(8-11-20)25(31)23-24(18-6-4-5-16(3)13-18)30(27(33)26(23)32)22-14-19(28)9-12-21(22)29/h4-15,24,31H,1-3H3/b25-23+. The quantitative estimate of drug-likeness (QED) is 0.300. The second-order valence-electron chi connectivity index (χ2n) is 8.37. The van der Waals surface area contributed by atoms with Crippen molar-refractivity contribution >= 4 is 23.1 Å².